The van der Waals surface area contributed by atoms with Crippen LogP contribution < -0.4 is 0 Å². The highest BCUT2D eigenvalue weighted by molar-refractivity contribution is 6.07. The summed E-state index contributed by atoms with van der Waals surface area (Å²) in [5.74, 6) is -0.467. The predicted molar refractivity (Wildman–Crippen MR) is 101 cm³/mol. The Bertz CT molecular complexity index is 860. The first-order valence-corrected chi connectivity index (χ1v) is 8.27. The molecule has 0 N–H and O–H groups in total. The van der Waals surface area contributed by atoms with Crippen molar-refractivity contribution < 1.29 is 23.8 Å². The lowest BCUT2D eigenvalue weighted by Gasteiger charge is -2.12. The molecule has 0 fully saturated rings. The third-order valence-corrected chi connectivity index (χ3v) is 3.99. The molecular weight excluding hydrogens is 344 g/mol. The molecule has 0 atom stereocenters. The number of esters is 2. The van der Waals surface area contributed by atoms with Crippen LogP contribution in [0.3, 0.4) is 0 Å². The minimum atomic E-state index is -0.655. The van der Waals surface area contributed by atoms with Gasteiger partial charge in [-0.15, -0.1) is 0 Å². The van der Waals surface area contributed by atoms with E-state index in [1.165, 1.54) is 26.4 Å². The zero-order valence-corrected chi connectivity index (χ0v) is 15.0. The molecule has 1 aliphatic heterocycles. The van der Waals surface area contributed by atoms with E-state index in [1.807, 2.05) is 60.7 Å². The quantitative estimate of drug-likeness (QED) is 0.776. The first-order valence-electron chi connectivity index (χ1n) is 8.27. The van der Waals surface area contributed by atoms with Gasteiger partial charge in [-0.1, -0.05) is 60.7 Å². The van der Waals surface area contributed by atoms with Crippen LogP contribution in [-0.2, 0) is 23.8 Å². The highest BCUT2D eigenvalue weighted by Gasteiger charge is 2.25. The van der Waals surface area contributed by atoms with E-state index < -0.39 is 11.9 Å². The standard InChI is InChI=1S/C22H18O5/c1-25-21(23)17-13-19(15-9-5-3-6-10-15)27-20(14-18(17)22(24)26-2)16-11-7-4-8-12-16/h3-14H,1-2H3. The number of carbonyl (C=O) groups is 2. The molecule has 0 saturated carbocycles. The number of hydrogen-bond acceptors (Lipinski definition) is 5. The average molecular weight is 362 g/mol. The van der Waals surface area contributed by atoms with Gasteiger partial charge in [0.2, 0.25) is 0 Å². The van der Waals surface area contributed by atoms with Crippen molar-refractivity contribution in [2.75, 3.05) is 14.2 Å². The van der Waals surface area contributed by atoms with Crippen molar-refractivity contribution >= 4 is 23.5 Å². The highest BCUT2D eigenvalue weighted by Crippen LogP contribution is 2.32. The second kappa shape index (κ2) is 8.19. The van der Waals surface area contributed by atoms with Gasteiger partial charge in [0.05, 0.1) is 25.4 Å². The molecular formula is C22H18O5. The van der Waals surface area contributed by atoms with Crippen LogP contribution in [0.15, 0.2) is 84.0 Å². The number of carbonyl (C=O) groups excluding carboxylic acids is 2. The Morgan fingerprint density at radius 3 is 1.37 bits per heavy atom. The van der Waals surface area contributed by atoms with Crippen molar-refractivity contribution in [3.63, 3.8) is 0 Å². The van der Waals surface area contributed by atoms with Crippen LogP contribution in [0.4, 0.5) is 0 Å². The van der Waals surface area contributed by atoms with Gasteiger partial charge in [-0.25, -0.2) is 9.59 Å². The Morgan fingerprint density at radius 2 is 1.04 bits per heavy atom. The largest absolute Gasteiger partial charge is 0.465 e. The van der Waals surface area contributed by atoms with E-state index in [-0.39, 0.29) is 11.1 Å². The molecule has 0 aliphatic carbocycles. The molecule has 136 valence electrons. The van der Waals surface area contributed by atoms with Gasteiger partial charge in [0.25, 0.3) is 0 Å². The van der Waals surface area contributed by atoms with E-state index >= 15 is 0 Å². The molecule has 5 heteroatoms. The normalized spacial score (nSPS) is 13.7. The van der Waals surface area contributed by atoms with Crippen LogP contribution in [0, 0.1) is 0 Å². The Labute approximate surface area is 157 Å². The number of hydrogen-bond donors (Lipinski definition) is 0. The summed E-state index contributed by atoms with van der Waals surface area (Å²) in [4.78, 5) is 24.7. The fraction of sp³-hybridized carbons (Fsp3) is 0.0909. The summed E-state index contributed by atoms with van der Waals surface area (Å²) in [6.07, 6.45) is 3.00. The first-order chi connectivity index (χ1) is 13.1. The third-order valence-electron chi connectivity index (χ3n) is 3.99. The van der Waals surface area contributed by atoms with E-state index in [0.29, 0.717) is 11.5 Å². The van der Waals surface area contributed by atoms with Gasteiger partial charge >= 0.3 is 11.9 Å². The molecule has 0 saturated heterocycles. The number of methoxy groups -OCH3 is 2. The van der Waals surface area contributed by atoms with Gasteiger partial charge < -0.3 is 14.2 Å². The van der Waals surface area contributed by atoms with Crippen molar-refractivity contribution in [3.8, 4) is 0 Å². The lowest BCUT2D eigenvalue weighted by molar-refractivity contribution is -0.138. The maximum atomic E-state index is 12.4. The van der Waals surface area contributed by atoms with Crippen molar-refractivity contribution in [1.82, 2.24) is 0 Å². The van der Waals surface area contributed by atoms with Crippen LogP contribution in [0.2, 0.25) is 0 Å². The van der Waals surface area contributed by atoms with Crippen LogP contribution in [0.5, 0.6) is 0 Å². The van der Waals surface area contributed by atoms with Crippen LogP contribution >= 0.6 is 0 Å². The van der Waals surface area contributed by atoms with Gasteiger partial charge in [0.1, 0.15) is 11.5 Å². The lowest BCUT2D eigenvalue weighted by atomic mass is 10.0. The summed E-state index contributed by atoms with van der Waals surface area (Å²) in [5, 5.41) is 0. The minimum absolute atomic E-state index is 0.0640. The van der Waals surface area contributed by atoms with Gasteiger partial charge in [-0.3, -0.25) is 0 Å². The number of rotatable bonds is 4. The molecule has 1 aliphatic rings. The molecule has 1 heterocycles. The summed E-state index contributed by atoms with van der Waals surface area (Å²) in [5.41, 5.74) is 1.64. The van der Waals surface area contributed by atoms with Gasteiger partial charge in [-0.05, 0) is 12.2 Å². The predicted octanol–water partition coefficient (Wildman–Crippen LogP) is 3.74. The van der Waals surface area contributed by atoms with Crippen molar-refractivity contribution in [3.05, 3.63) is 95.1 Å². The fourth-order valence-corrected chi connectivity index (χ4v) is 2.64. The Kier molecular flexibility index (Phi) is 5.52. The second-order valence-corrected chi connectivity index (χ2v) is 5.66. The molecule has 0 bridgehead atoms. The Balaban J connectivity index is 2.25. The lowest BCUT2D eigenvalue weighted by Crippen LogP contribution is -2.12. The summed E-state index contributed by atoms with van der Waals surface area (Å²) in [6.45, 7) is 0. The van der Waals surface area contributed by atoms with Crippen molar-refractivity contribution in [2.24, 2.45) is 0 Å². The fourth-order valence-electron chi connectivity index (χ4n) is 2.64. The monoisotopic (exact) mass is 362 g/mol. The third kappa shape index (κ3) is 3.98. The topological polar surface area (TPSA) is 61.8 Å². The second-order valence-electron chi connectivity index (χ2n) is 5.66. The van der Waals surface area contributed by atoms with Crippen LogP contribution in [0.25, 0.3) is 11.5 Å². The number of ether oxygens (including phenoxy) is 3. The summed E-state index contributed by atoms with van der Waals surface area (Å²) in [7, 11) is 2.52. The maximum absolute atomic E-state index is 12.4. The van der Waals surface area contributed by atoms with Gasteiger partial charge in [0.15, 0.2) is 0 Å². The number of benzene rings is 2. The Hall–Kier alpha value is -3.60. The molecule has 0 radical (unpaired) electrons. The first kappa shape index (κ1) is 18.2. The smallest absolute Gasteiger partial charge is 0.338 e. The zero-order valence-electron chi connectivity index (χ0n) is 15.0. The van der Waals surface area contributed by atoms with E-state index in [4.69, 9.17) is 14.2 Å². The summed E-state index contributed by atoms with van der Waals surface area (Å²) < 4.78 is 15.8. The molecule has 3 rings (SSSR count). The SMILES string of the molecule is COC(=O)C1=C(C(=O)OC)C=C(c2ccccc2)OC(c2ccccc2)=C1. The molecule has 0 spiro atoms. The van der Waals surface area contributed by atoms with Gasteiger partial charge in [0, 0.05) is 11.1 Å². The van der Waals surface area contributed by atoms with Crippen LogP contribution in [0.1, 0.15) is 11.1 Å². The molecule has 27 heavy (non-hydrogen) atoms. The molecule has 2 aromatic carbocycles. The molecule has 0 amide bonds. The summed E-state index contributed by atoms with van der Waals surface area (Å²) >= 11 is 0. The molecule has 5 nitrogen and oxygen atoms in total. The van der Waals surface area contributed by atoms with E-state index in [0.717, 1.165) is 11.1 Å². The molecule has 0 unspecified atom stereocenters. The van der Waals surface area contributed by atoms with E-state index in [2.05, 4.69) is 0 Å². The molecule has 2 aromatic rings. The Morgan fingerprint density at radius 1 is 0.667 bits per heavy atom. The van der Waals surface area contributed by atoms with Gasteiger partial charge in [-0.2, -0.15) is 0 Å². The van der Waals surface area contributed by atoms with Crippen molar-refractivity contribution in [1.29, 1.82) is 0 Å². The molecule has 0 aromatic heterocycles. The van der Waals surface area contributed by atoms with E-state index in [9.17, 15) is 9.59 Å². The zero-order chi connectivity index (χ0) is 19.2. The minimum Gasteiger partial charge on any atom is -0.465 e. The van der Waals surface area contributed by atoms with Crippen LogP contribution in [-0.4, -0.2) is 26.2 Å². The van der Waals surface area contributed by atoms with E-state index in [1.54, 1.807) is 0 Å². The highest BCUT2D eigenvalue weighted by atomic mass is 16.5. The van der Waals surface area contributed by atoms with Crippen molar-refractivity contribution in [2.45, 2.75) is 0 Å². The maximum Gasteiger partial charge on any atom is 0.338 e. The summed E-state index contributed by atoms with van der Waals surface area (Å²) in [6, 6.07) is 18.6. The average Bonchev–Trinajstić information content (AvgIpc) is 2.94.